The van der Waals surface area contributed by atoms with Gasteiger partial charge in [0.05, 0.1) is 35.2 Å². The standard InChI is InChI=1S/C41H52N4O5/c1-10-14-27(4)49-34-18-17-29(12-3)24-32(34)30-15-13-16-31(25-30)33-26-35-42-28(5)36(37(39(46)47)50-40(6,7)8)38(45(35)43-33)44-21-19-41(9,20-22-44)48-23-11-2/h10-11,13,15-18,24-27,37H,1-2,12,14,19-23H2,3-9H3,(H,46,47)/t27-,37?/m0/s1. The van der Waals surface area contributed by atoms with E-state index in [1.54, 1.807) is 10.6 Å². The van der Waals surface area contributed by atoms with Crippen molar-refractivity contribution in [3.8, 4) is 28.1 Å². The van der Waals surface area contributed by atoms with Crippen LogP contribution in [0.5, 0.6) is 5.75 Å². The molecule has 1 unspecified atom stereocenters. The molecule has 1 N–H and O–H groups in total. The van der Waals surface area contributed by atoms with E-state index in [2.05, 4.69) is 62.2 Å². The fourth-order valence-corrected chi connectivity index (χ4v) is 6.52. The molecule has 5 rings (SSSR count). The molecule has 9 nitrogen and oxygen atoms in total. The molecule has 1 saturated heterocycles. The van der Waals surface area contributed by atoms with Crippen molar-refractivity contribution in [1.82, 2.24) is 14.6 Å². The van der Waals surface area contributed by atoms with Crippen molar-refractivity contribution in [3.05, 3.63) is 90.7 Å². The molecule has 2 aromatic carbocycles. The lowest BCUT2D eigenvalue weighted by molar-refractivity contribution is -0.160. The largest absolute Gasteiger partial charge is 0.490 e. The zero-order valence-electron chi connectivity index (χ0n) is 30.7. The Balaban J connectivity index is 1.63. The van der Waals surface area contributed by atoms with E-state index in [4.69, 9.17) is 24.3 Å². The van der Waals surface area contributed by atoms with Gasteiger partial charge in [0.2, 0.25) is 0 Å². The lowest BCUT2D eigenvalue weighted by Crippen LogP contribution is -2.45. The van der Waals surface area contributed by atoms with Crippen LogP contribution in [-0.4, -0.2) is 62.7 Å². The molecule has 1 aliphatic rings. The van der Waals surface area contributed by atoms with Gasteiger partial charge in [-0.25, -0.2) is 9.78 Å². The SMILES string of the molecule is C=CCOC1(C)CCN(c2c(C(OC(C)(C)C)C(=O)O)c(C)nc3cc(-c4cccc(-c5cc(CC)ccc5O[C@@H](C)CC=C)c4)nn23)CC1. The predicted octanol–water partition coefficient (Wildman–Crippen LogP) is 8.78. The van der Waals surface area contributed by atoms with Crippen LogP contribution < -0.4 is 9.64 Å². The van der Waals surface area contributed by atoms with Crippen molar-refractivity contribution in [1.29, 1.82) is 0 Å². The van der Waals surface area contributed by atoms with E-state index in [0.717, 1.165) is 53.8 Å². The topological polar surface area (TPSA) is 98.4 Å². The summed E-state index contributed by atoms with van der Waals surface area (Å²) in [5.41, 5.74) is 5.60. The molecule has 2 aromatic heterocycles. The predicted molar refractivity (Wildman–Crippen MR) is 200 cm³/mol. The highest BCUT2D eigenvalue weighted by Crippen LogP contribution is 2.39. The van der Waals surface area contributed by atoms with Crippen molar-refractivity contribution >= 4 is 17.4 Å². The number of nitrogens with zero attached hydrogens (tertiary/aromatic N) is 4. The number of aromatic nitrogens is 3. The summed E-state index contributed by atoms with van der Waals surface area (Å²) in [4.78, 5) is 20.0. The van der Waals surface area contributed by atoms with Crippen molar-refractivity contribution in [2.24, 2.45) is 0 Å². The van der Waals surface area contributed by atoms with Crippen LogP contribution in [0.25, 0.3) is 28.0 Å². The molecule has 1 fully saturated rings. The van der Waals surface area contributed by atoms with Gasteiger partial charge in [-0.05, 0) is 90.1 Å². The number of anilines is 1. The molecule has 2 atom stereocenters. The highest BCUT2D eigenvalue weighted by molar-refractivity contribution is 5.80. The number of benzene rings is 2. The third-order valence-electron chi connectivity index (χ3n) is 9.18. The molecule has 4 aromatic rings. The van der Waals surface area contributed by atoms with Gasteiger partial charge in [0.1, 0.15) is 11.6 Å². The highest BCUT2D eigenvalue weighted by atomic mass is 16.5. The lowest BCUT2D eigenvalue weighted by Gasteiger charge is -2.41. The number of ether oxygens (including phenoxy) is 3. The first-order chi connectivity index (χ1) is 23.8. The first kappa shape index (κ1) is 36.8. The van der Waals surface area contributed by atoms with Gasteiger partial charge >= 0.3 is 5.97 Å². The number of hydrogen-bond donors (Lipinski definition) is 1. The molecule has 0 bridgehead atoms. The number of rotatable bonds is 14. The molecule has 3 heterocycles. The molecule has 0 radical (unpaired) electrons. The van der Waals surface area contributed by atoms with Crippen LogP contribution in [0, 0.1) is 6.92 Å². The maximum absolute atomic E-state index is 12.9. The molecule has 9 heteroatoms. The number of carboxylic acid groups (broad SMARTS) is 1. The van der Waals surface area contributed by atoms with Crippen LogP contribution >= 0.6 is 0 Å². The highest BCUT2D eigenvalue weighted by Gasteiger charge is 2.37. The number of carboxylic acids is 1. The molecule has 1 aliphatic heterocycles. The van der Waals surface area contributed by atoms with E-state index in [0.29, 0.717) is 42.4 Å². The van der Waals surface area contributed by atoms with Crippen molar-refractivity contribution in [3.63, 3.8) is 0 Å². The first-order valence-corrected chi connectivity index (χ1v) is 17.6. The monoisotopic (exact) mass is 680 g/mol. The van der Waals surface area contributed by atoms with Crippen LogP contribution in [0.3, 0.4) is 0 Å². The summed E-state index contributed by atoms with van der Waals surface area (Å²) in [6.07, 6.45) is 5.55. The summed E-state index contributed by atoms with van der Waals surface area (Å²) in [5.74, 6) is 0.428. The second kappa shape index (κ2) is 15.2. The Morgan fingerprint density at radius 3 is 2.44 bits per heavy atom. The minimum atomic E-state index is -1.24. The summed E-state index contributed by atoms with van der Waals surface area (Å²) in [6.45, 7) is 23.2. The normalized spacial score (nSPS) is 15.9. The van der Waals surface area contributed by atoms with Gasteiger partial charge in [-0.1, -0.05) is 43.3 Å². The molecule has 0 saturated carbocycles. The minimum Gasteiger partial charge on any atom is -0.490 e. The molecule has 50 heavy (non-hydrogen) atoms. The Labute approximate surface area is 296 Å². The van der Waals surface area contributed by atoms with Gasteiger partial charge < -0.3 is 24.2 Å². The fraction of sp³-hybridized carbons (Fsp3) is 0.439. The fourth-order valence-electron chi connectivity index (χ4n) is 6.52. The number of fused-ring (bicyclic) bond motifs is 1. The van der Waals surface area contributed by atoms with E-state index in [-0.39, 0.29) is 11.7 Å². The Kier molecular flexibility index (Phi) is 11.2. The van der Waals surface area contributed by atoms with Gasteiger partial charge in [0.15, 0.2) is 11.8 Å². The minimum absolute atomic E-state index is 0.0135. The smallest absolute Gasteiger partial charge is 0.337 e. The average molecular weight is 681 g/mol. The maximum Gasteiger partial charge on any atom is 0.337 e. The lowest BCUT2D eigenvalue weighted by atomic mass is 9.92. The molecule has 0 spiro atoms. The van der Waals surface area contributed by atoms with Gasteiger partial charge in [0, 0.05) is 42.4 Å². The van der Waals surface area contributed by atoms with Gasteiger partial charge in [0.25, 0.3) is 0 Å². The summed E-state index contributed by atoms with van der Waals surface area (Å²) < 4.78 is 20.5. The van der Waals surface area contributed by atoms with Crippen molar-refractivity contribution in [2.45, 2.75) is 97.6 Å². The van der Waals surface area contributed by atoms with Crippen LogP contribution in [-0.2, 0) is 20.7 Å². The molecule has 0 aliphatic carbocycles. The third-order valence-corrected chi connectivity index (χ3v) is 9.18. The van der Waals surface area contributed by atoms with Crippen LogP contribution in [0.2, 0.25) is 0 Å². The van der Waals surface area contributed by atoms with Gasteiger partial charge in [-0.2, -0.15) is 9.61 Å². The Hall–Kier alpha value is -4.47. The van der Waals surface area contributed by atoms with E-state index in [9.17, 15) is 9.90 Å². The number of carbonyl (C=O) groups is 1. The van der Waals surface area contributed by atoms with Crippen LogP contribution in [0.4, 0.5) is 5.82 Å². The number of aryl methyl sites for hydroxylation is 2. The van der Waals surface area contributed by atoms with Crippen LogP contribution in [0.15, 0.2) is 73.8 Å². The van der Waals surface area contributed by atoms with Gasteiger partial charge in [-0.15, -0.1) is 13.2 Å². The summed E-state index contributed by atoms with van der Waals surface area (Å²) in [7, 11) is 0. The Morgan fingerprint density at radius 2 is 1.80 bits per heavy atom. The van der Waals surface area contributed by atoms with E-state index < -0.39 is 17.7 Å². The zero-order chi connectivity index (χ0) is 36.2. The summed E-state index contributed by atoms with van der Waals surface area (Å²) >= 11 is 0. The van der Waals surface area contributed by atoms with Crippen molar-refractivity contribution in [2.75, 3.05) is 24.6 Å². The second-order valence-electron chi connectivity index (χ2n) is 14.4. The Bertz CT molecular complexity index is 1850. The summed E-state index contributed by atoms with van der Waals surface area (Å²) in [6, 6.07) is 16.6. The quantitative estimate of drug-likeness (QED) is 0.132. The van der Waals surface area contributed by atoms with E-state index >= 15 is 0 Å². The number of aliphatic carboxylic acids is 1. The maximum atomic E-state index is 12.9. The average Bonchev–Trinajstić information content (AvgIpc) is 3.50. The van der Waals surface area contributed by atoms with Crippen molar-refractivity contribution < 1.29 is 24.1 Å². The summed E-state index contributed by atoms with van der Waals surface area (Å²) in [5, 5.41) is 15.6. The number of hydrogen-bond acceptors (Lipinski definition) is 7. The third kappa shape index (κ3) is 8.28. The second-order valence-corrected chi connectivity index (χ2v) is 14.4. The van der Waals surface area contributed by atoms with Crippen LogP contribution in [0.1, 0.15) is 83.7 Å². The first-order valence-electron chi connectivity index (χ1n) is 17.6. The Morgan fingerprint density at radius 1 is 1.08 bits per heavy atom. The molecule has 266 valence electrons. The van der Waals surface area contributed by atoms with E-state index in [1.807, 2.05) is 58.9 Å². The number of piperidine rings is 1. The zero-order valence-corrected chi connectivity index (χ0v) is 30.7. The van der Waals surface area contributed by atoms with E-state index in [1.165, 1.54) is 5.56 Å². The molecular formula is C41H52N4O5. The van der Waals surface area contributed by atoms with Gasteiger partial charge in [-0.3, -0.25) is 0 Å². The molecule has 0 amide bonds. The molecular weight excluding hydrogens is 628 g/mol.